The van der Waals surface area contributed by atoms with E-state index >= 15 is 0 Å². The minimum absolute atomic E-state index is 0.146. The summed E-state index contributed by atoms with van der Waals surface area (Å²) in [5, 5.41) is 3.40. The second-order valence-corrected chi connectivity index (χ2v) is 6.09. The van der Waals surface area contributed by atoms with Crippen molar-refractivity contribution in [2.45, 2.75) is 31.7 Å². The monoisotopic (exact) mass is 290 g/mol. The van der Waals surface area contributed by atoms with Gasteiger partial charge in [-0.25, -0.2) is 13.1 Å². The molecule has 18 heavy (non-hydrogen) atoms. The second-order valence-electron chi connectivity index (χ2n) is 3.94. The quantitative estimate of drug-likeness (QED) is 0.809. The summed E-state index contributed by atoms with van der Waals surface area (Å²) in [5.74, 6) is 0. The van der Waals surface area contributed by atoms with Gasteiger partial charge in [-0.3, -0.25) is 0 Å². The number of hydrogen-bond donors (Lipinski definition) is 2. The van der Waals surface area contributed by atoms with Crippen molar-refractivity contribution in [2.75, 3.05) is 13.1 Å². The standard InChI is InChI=1S/C12H19ClN2O2S/c1-3-7-15-18(16,17)12-8-10(9-14-4-2)5-6-11(12)13/h5-6,8,14-15H,3-4,7,9H2,1-2H3. The van der Waals surface area contributed by atoms with Crippen LogP contribution in [0.25, 0.3) is 0 Å². The van der Waals surface area contributed by atoms with Crippen molar-refractivity contribution in [1.29, 1.82) is 0 Å². The highest BCUT2D eigenvalue weighted by Crippen LogP contribution is 2.22. The topological polar surface area (TPSA) is 58.2 Å². The van der Waals surface area contributed by atoms with Crippen LogP contribution in [0.2, 0.25) is 5.02 Å². The van der Waals surface area contributed by atoms with Crippen LogP contribution in [0.3, 0.4) is 0 Å². The molecule has 0 spiro atoms. The summed E-state index contributed by atoms with van der Waals surface area (Å²) in [6.45, 7) is 5.78. The number of sulfonamides is 1. The van der Waals surface area contributed by atoms with Gasteiger partial charge >= 0.3 is 0 Å². The first-order valence-electron chi connectivity index (χ1n) is 6.00. The fraction of sp³-hybridized carbons (Fsp3) is 0.500. The molecule has 1 aromatic rings. The maximum absolute atomic E-state index is 12.0. The Kier molecular flexibility index (Phi) is 6.08. The predicted octanol–water partition coefficient (Wildman–Crippen LogP) is 2.14. The van der Waals surface area contributed by atoms with Crippen molar-refractivity contribution in [1.82, 2.24) is 10.0 Å². The number of hydrogen-bond acceptors (Lipinski definition) is 3. The molecule has 0 radical (unpaired) electrons. The maximum Gasteiger partial charge on any atom is 0.242 e. The fourth-order valence-electron chi connectivity index (χ4n) is 1.45. The minimum Gasteiger partial charge on any atom is -0.313 e. The highest BCUT2D eigenvalue weighted by Gasteiger charge is 2.17. The zero-order valence-electron chi connectivity index (χ0n) is 10.7. The van der Waals surface area contributed by atoms with Gasteiger partial charge < -0.3 is 5.32 Å². The molecular weight excluding hydrogens is 272 g/mol. The first-order chi connectivity index (χ1) is 8.51. The van der Waals surface area contributed by atoms with Gasteiger partial charge in [0, 0.05) is 13.1 Å². The molecule has 4 nitrogen and oxygen atoms in total. The second kappa shape index (κ2) is 7.09. The van der Waals surface area contributed by atoms with Crippen LogP contribution in [0.5, 0.6) is 0 Å². The van der Waals surface area contributed by atoms with Gasteiger partial charge in [-0.15, -0.1) is 0 Å². The zero-order valence-corrected chi connectivity index (χ0v) is 12.2. The highest BCUT2D eigenvalue weighted by molar-refractivity contribution is 7.89. The van der Waals surface area contributed by atoms with Crippen molar-refractivity contribution < 1.29 is 8.42 Å². The Hall–Kier alpha value is -0.620. The van der Waals surface area contributed by atoms with E-state index in [0.29, 0.717) is 13.1 Å². The Morgan fingerprint density at radius 2 is 2.00 bits per heavy atom. The molecule has 0 saturated heterocycles. The van der Waals surface area contributed by atoms with Crippen LogP contribution in [0.1, 0.15) is 25.8 Å². The SMILES string of the molecule is CCCNS(=O)(=O)c1cc(CNCC)ccc1Cl. The average molecular weight is 291 g/mol. The summed E-state index contributed by atoms with van der Waals surface area (Å²) >= 11 is 5.95. The van der Waals surface area contributed by atoms with Crippen LogP contribution >= 0.6 is 11.6 Å². The van der Waals surface area contributed by atoms with E-state index in [4.69, 9.17) is 11.6 Å². The lowest BCUT2D eigenvalue weighted by Gasteiger charge is -2.10. The maximum atomic E-state index is 12.0. The van der Waals surface area contributed by atoms with Gasteiger partial charge in [0.25, 0.3) is 0 Å². The molecule has 0 heterocycles. The van der Waals surface area contributed by atoms with E-state index in [0.717, 1.165) is 18.5 Å². The first-order valence-corrected chi connectivity index (χ1v) is 7.86. The number of halogens is 1. The van der Waals surface area contributed by atoms with Crippen LogP contribution in [-0.4, -0.2) is 21.5 Å². The van der Waals surface area contributed by atoms with Gasteiger partial charge in [0.1, 0.15) is 4.90 Å². The van der Waals surface area contributed by atoms with E-state index in [1.807, 2.05) is 19.9 Å². The van der Waals surface area contributed by atoms with Crippen molar-refractivity contribution in [3.05, 3.63) is 28.8 Å². The Balaban J connectivity index is 2.99. The van der Waals surface area contributed by atoms with Crippen molar-refractivity contribution in [2.24, 2.45) is 0 Å². The summed E-state index contributed by atoms with van der Waals surface area (Å²) in [6, 6.07) is 5.06. The van der Waals surface area contributed by atoms with E-state index < -0.39 is 10.0 Å². The molecule has 0 bridgehead atoms. The Morgan fingerprint density at radius 1 is 1.28 bits per heavy atom. The van der Waals surface area contributed by atoms with Crippen LogP contribution in [-0.2, 0) is 16.6 Å². The Morgan fingerprint density at radius 3 is 2.61 bits per heavy atom. The lowest BCUT2D eigenvalue weighted by atomic mass is 10.2. The van der Waals surface area contributed by atoms with E-state index in [1.165, 1.54) is 0 Å². The zero-order chi connectivity index (χ0) is 13.6. The number of rotatable bonds is 7. The molecule has 2 N–H and O–H groups in total. The molecule has 0 aliphatic carbocycles. The third kappa shape index (κ3) is 4.24. The predicted molar refractivity (Wildman–Crippen MR) is 74.3 cm³/mol. The molecule has 1 aromatic carbocycles. The van der Waals surface area contributed by atoms with Crippen LogP contribution < -0.4 is 10.0 Å². The lowest BCUT2D eigenvalue weighted by molar-refractivity contribution is 0.580. The van der Waals surface area contributed by atoms with Gasteiger partial charge in [0.05, 0.1) is 5.02 Å². The Labute approximate surface area is 114 Å². The minimum atomic E-state index is -3.51. The molecule has 0 atom stereocenters. The summed E-state index contributed by atoms with van der Waals surface area (Å²) in [4.78, 5) is 0.146. The lowest BCUT2D eigenvalue weighted by Crippen LogP contribution is -2.25. The summed E-state index contributed by atoms with van der Waals surface area (Å²) in [7, 11) is -3.51. The highest BCUT2D eigenvalue weighted by atomic mass is 35.5. The van der Waals surface area contributed by atoms with Crippen LogP contribution in [0.15, 0.2) is 23.1 Å². The summed E-state index contributed by atoms with van der Waals surface area (Å²) in [5.41, 5.74) is 0.901. The molecule has 0 unspecified atom stereocenters. The van der Waals surface area contributed by atoms with E-state index in [-0.39, 0.29) is 9.92 Å². The molecular formula is C12H19ClN2O2S. The molecule has 0 fully saturated rings. The van der Waals surface area contributed by atoms with Gasteiger partial charge in [-0.2, -0.15) is 0 Å². The van der Waals surface area contributed by atoms with Gasteiger partial charge in [-0.1, -0.05) is 31.5 Å². The Bertz CT molecular complexity index is 489. The third-order valence-corrected chi connectivity index (χ3v) is 4.35. The molecule has 0 aromatic heterocycles. The summed E-state index contributed by atoms with van der Waals surface area (Å²) < 4.78 is 26.6. The molecule has 0 aliphatic rings. The van der Waals surface area contributed by atoms with Gasteiger partial charge in [0.15, 0.2) is 0 Å². The molecule has 6 heteroatoms. The smallest absolute Gasteiger partial charge is 0.242 e. The molecule has 0 aliphatic heterocycles. The van der Waals surface area contributed by atoms with Crippen LogP contribution in [0.4, 0.5) is 0 Å². The normalized spacial score (nSPS) is 11.7. The van der Waals surface area contributed by atoms with Crippen molar-refractivity contribution in [3.63, 3.8) is 0 Å². The van der Waals surface area contributed by atoms with Crippen LogP contribution in [0, 0.1) is 0 Å². The largest absolute Gasteiger partial charge is 0.313 e. The first kappa shape index (κ1) is 15.4. The third-order valence-electron chi connectivity index (χ3n) is 2.41. The summed E-state index contributed by atoms with van der Waals surface area (Å²) in [6.07, 6.45) is 0.744. The molecule has 0 saturated carbocycles. The van der Waals surface area contributed by atoms with E-state index in [1.54, 1.807) is 12.1 Å². The van der Waals surface area contributed by atoms with Gasteiger partial charge in [0.2, 0.25) is 10.0 Å². The average Bonchev–Trinajstić information content (AvgIpc) is 2.35. The molecule has 0 amide bonds. The molecule has 1 rings (SSSR count). The van der Waals surface area contributed by atoms with E-state index in [9.17, 15) is 8.42 Å². The van der Waals surface area contributed by atoms with Crippen molar-refractivity contribution >= 4 is 21.6 Å². The fourth-order valence-corrected chi connectivity index (χ4v) is 3.13. The number of nitrogens with one attached hydrogen (secondary N) is 2. The van der Waals surface area contributed by atoms with Crippen molar-refractivity contribution in [3.8, 4) is 0 Å². The van der Waals surface area contributed by atoms with E-state index in [2.05, 4.69) is 10.0 Å². The number of benzene rings is 1. The molecule has 102 valence electrons. The van der Waals surface area contributed by atoms with Gasteiger partial charge in [-0.05, 0) is 30.7 Å².